The van der Waals surface area contributed by atoms with Crippen molar-refractivity contribution in [2.45, 2.75) is 109 Å². The van der Waals surface area contributed by atoms with Gasteiger partial charge in [-0.05, 0) is 117 Å². The molecule has 2 saturated carbocycles. The van der Waals surface area contributed by atoms with E-state index < -0.39 is 11.2 Å². The van der Waals surface area contributed by atoms with Crippen LogP contribution in [0, 0.1) is 12.8 Å². The number of hydrogen-bond donors (Lipinski definition) is 3. The highest BCUT2D eigenvalue weighted by Crippen LogP contribution is 2.49. The normalized spacial score (nSPS) is 21.3. The second-order valence-corrected chi connectivity index (χ2v) is 14.3. The van der Waals surface area contributed by atoms with E-state index in [-0.39, 0.29) is 11.3 Å². The van der Waals surface area contributed by atoms with Crippen molar-refractivity contribution in [2.24, 2.45) is 5.92 Å². The predicted octanol–water partition coefficient (Wildman–Crippen LogP) is 6.31. The van der Waals surface area contributed by atoms with Crippen LogP contribution in [0.1, 0.15) is 106 Å². The summed E-state index contributed by atoms with van der Waals surface area (Å²) in [5, 5.41) is 25.0. The molecule has 3 fully saturated rings. The molecular weight excluding hydrogens is 492 g/mol. The Bertz CT molecular complexity index is 1140. The standard InChI is InChI=1S/C32H46N2O3S/c1-22-27(29(35)33-21-32(37)12-14-38-15-13-32)19-28(34(22)20-23-8-6-5-7-9-23)24-16-25(30(2,3)36)18-26(17-24)31(4)10-11-31/h16-19,23,36-37H,5-15,20-21H2,1-4H3,(H,33,35). The smallest absolute Gasteiger partial charge is 0.253 e. The quantitative estimate of drug-likeness (QED) is 0.368. The number of aliphatic hydroxyl groups is 2. The molecule has 1 aliphatic heterocycles. The van der Waals surface area contributed by atoms with Crippen molar-refractivity contribution in [3.63, 3.8) is 0 Å². The van der Waals surface area contributed by atoms with Crippen LogP contribution in [0.2, 0.25) is 0 Å². The molecule has 0 radical (unpaired) electrons. The Balaban J connectivity index is 1.52. The van der Waals surface area contributed by atoms with Crippen LogP contribution in [-0.2, 0) is 17.6 Å². The van der Waals surface area contributed by atoms with Crippen LogP contribution in [0.25, 0.3) is 11.3 Å². The van der Waals surface area contributed by atoms with Crippen LogP contribution in [0.3, 0.4) is 0 Å². The third-order valence-electron chi connectivity index (χ3n) is 9.41. The Morgan fingerprint density at radius 3 is 2.39 bits per heavy atom. The maximum atomic E-state index is 13.5. The molecule has 0 bridgehead atoms. The zero-order valence-electron chi connectivity index (χ0n) is 23.7. The van der Waals surface area contributed by atoms with Crippen LogP contribution < -0.4 is 5.32 Å². The second kappa shape index (κ2) is 10.7. The molecule has 6 heteroatoms. The first-order valence-corrected chi connectivity index (χ1v) is 15.8. The predicted molar refractivity (Wildman–Crippen MR) is 157 cm³/mol. The summed E-state index contributed by atoms with van der Waals surface area (Å²) in [6.45, 7) is 9.28. The van der Waals surface area contributed by atoms with E-state index in [9.17, 15) is 15.0 Å². The molecule has 2 aliphatic carbocycles. The Labute approximate surface area is 232 Å². The zero-order chi connectivity index (χ0) is 27.1. The lowest BCUT2D eigenvalue weighted by Gasteiger charge is -2.31. The van der Waals surface area contributed by atoms with Gasteiger partial charge in [0.2, 0.25) is 0 Å². The highest BCUT2D eigenvalue weighted by atomic mass is 32.2. The second-order valence-electron chi connectivity index (χ2n) is 13.1. The van der Waals surface area contributed by atoms with E-state index in [4.69, 9.17) is 0 Å². The highest BCUT2D eigenvalue weighted by Gasteiger charge is 2.40. The molecule has 2 heterocycles. The fourth-order valence-electron chi connectivity index (χ4n) is 6.20. The van der Waals surface area contributed by atoms with Crippen molar-refractivity contribution in [2.75, 3.05) is 18.1 Å². The summed E-state index contributed by atoms with van der Waals surface area (Å²) in [4.78, 5) is 13.5. The third kappa shape index (κ3) is 6.03. The Morgan fingerprint density at radius 1 is 1.08 bits per heavy atom. The van der Waals surface area contributed by atoms with Crippen LogP contribution in [-0.4, -0.2) is 44.3 Å². The number of aromatic nitrogens is 1. The van der Waals surface area contributed by atoms with E-state index in [1.807, 2.05) is 25.6 Å². The number of rotatable bonds is 8. The molecule has 208 valence electrons. The minimum absolute atomic E-state index is 0.106. The zero-order valence-corrected chi connectivity index (χ0v) is 24.6. The summed E-state index contributed by atoms with van der Waals surface area (Å²) in [7, 11) is 0. The van der Waals surface area contributed by atoms with Crippen molar-refractivity contribution >= 4 is 17.7 Å². The number of benzene rings is 1. The summed E-state index contributed by atoms with van der Waals surface area (Å²) < 4.78 is 2.36. The van der Waals surface area contributed by atoms with Crippen molar-refractivity contribution in [3.8, 4) is 11.3 Å². The first-order chi connectivity index (χ1) is 18.0. The van der Waals surface area contributed by atoms with Crippen molar-refractivity contribution < 1.29 is 15.0 Å². The first kappa shape index (κ1) is 27.8. The summed E-state index contributed by atoms with van der Waals surface area (Å²) >= 11 is 1.87. The molecule has 0 spiro atoms. The Morgan fingerprint density at radius 2 is 1.76 bits per heavy atom. The van der Waals surface area contributed by atoms with E-state index in [0.717, 1.165) is 53.4 Å². The van der Waals surface area contributed by atoms with Gasteiger partial charge in [0.15, 0.2) is 0 Å². The highest BCUT2D eigenvalue weighted by molar-refractivity contribution is 7.99. The summed E-state index contributed by atoms with van der Waals surface area (Å²) in [5.41, 5.74) is 4.43. The number of carbonyl (C=O) groups is 1. The van der Waals surface area contributed by atoms with E-state index in [2.05, 4.69) is 48.0 Å². The topological polar surface area (TPSA) is 74.5 Å². The van der Waals surface area contributed by atoms with Gasteiger partial charge in [-0.15, -0.1) is 0 Å². The van der Waals surface area contributed by atoms with Gasteiger partial charge in [-0.2, -0.15) is 11.8 Å². The SMILES string of the molecule is Cc1c(C(=O)NCC2(O)CCSCC2)cc(-c2cc(C(C)(C)O)cc(C3(C)CC3)c2)n1CC1CCCCC1. The van der Waals surface area contributed by atoms with Crippen molar-refractivity contribution in [3.05, 3.63) is 46.6 Å². The van der Waals surface area contributed by atoms with Gasteiger partial charge >= 0.3 is 0 Å². The number of hydrogen-bond acceptors (Lipinski definition) is 4. The molecule has 0 unspecified atom stereocenters. The lowest BCUT2D eigenvalue weighted by molar-refractivity contribution is 0.0311. The maximum absolute atomic E-state index is 13.5. The molecule has 3 aliphatic rings. The van der Waals surface area contributed by atoms with E-state index in [0.29, 0.717) is 18.0 Å². The molecule has 3 N–H and O–H groups in total. The van der Waals surface area contributed by atoms with Gasteiger partial charge in [-0.1, -0.05) is 32.3 Å². The molecule has 1 saturated heterocycles. The number of thioether (sulfide) groups is 1. The van der Waals surface area contributed by atoms with Crippen molar-refractivity contribution in [1.82, 2.24) is 9.88 Å². The van der Waals surface area contributed by atoms with Gasteiger partial charge < -0.3 is 20.1 Å². The molecule has 5 nitrogen and oxygen atoms in total. The molecule has 38 heavy (non-hydrogen) atoms. The lowest BCUT2D eigenvalue weighted by atomic mass is 9.87. The van der Waals surface area contributed by atoms with Gasteiger partial charge in [0.25, 0.3) is 5.91 Å². The largest absolute Gasteiger partial charge is 0.388 e. The molecule has 1 aromatic heterocycles. The molecule has 1 aromatic carbocycles. The molecule has 0 atom stereocenters. The third-order valence-corrected chi connectivity index (χ3v) is 10.4. The summed E-state index contributed by atoms with van der Waals surface area (Å²) in [6, 6.07) is 8.63. The monoisotopic (exact) mass is 538 g/mol. The summed E-state index contributed by atoms with van der Waals surface area (Å²) in [5.74, 6) is 2.38. The first-order valence-electron chi connectivity index (χ1n) is 14.6. The van der Waals surface area contributed by atoms with Gasteiger partial charge in [-0.3, -0.25) is 4.79 Å². The summed E-state index contributed by atoms with van der Waals surface area (Å²) in [6.07, 6.45) is 10.1. The van der Waals surface area contributed by atoms with Gasteiger partial charge in [0.1, 0.15) is 0 Å². The van der Waals surface area contributed by atoms with Crippen LogP contribution in [0.4, 0.5) is 0 Å². The average Bonchev–Trinajstić information content (AvgIpc) is 3.57. The molecule has 2 aromatic rings. The fourth-order valence-corrected chi connectivity index (χ4v) is 7.45. The van der Waals surface area contributed by atoms with Crippen LogP contribution >= 0.6 is 11.8 Å². The maximum Gasteiger partial charge on any atom is 0.253 e. The number of carbonyl (C=O) groups excluding carboxylic acids is 1. The number of amides is 1. The minimum atomic E-state index is -0.945. The molecular formula is C32H46N2O3S. The van der Waals surface area contributed by atoms with Crippen LogP contribution in [0.15, 0.2) is 24.3 Å². The Hall–Kier alpha value is -1.76. The average molecular weight is 539 g/mol. The lowest BCUT2D eigenvalue weighted by Crippen LogP contribution is -2.45. The van der Waals surface area contributed by atoms with Crippen LogP contribution in [0.5, 0.6) is 0 Å². The molecule has 5 rings (SSSR count). The number of nitrogens with one attached hydrogen (secondary N) is 1. The number of nitrogens with zero attached hydrogens (tertiary/aromatic N) is 1. The van der Waals surface area contributed by atoms with Gasteiger partial charge in [0, 0.05) is 24.5 Å². The fraction of sp³-hybridized carbons (Fsp3) is 0.656. The molecule has 1 amide bonds. The van der Waals surface area contributed by atoms with E-state index in [1.54, 1.807) is 0 Å². The minimum Gasteiger partial charge on any atom is -0.388 e. The van der Waals surface area contributed by atoms with Crippen molar-refractivity contribution in [1.29, 1.82) is 0 Å². The van der Waals surface area contributed by atoms with E-state index in [1.165, 1.54) is 50.5 Å². The van der Waals surface area contributed by atoms with E-state index >= 15 is 0 Å². The Kier molecular flexibility index (Phi) is 7.80. The van der Waals surface area contributed by atoms with Gasteiger partial charge in [0.05, 0.1) is 16.8 Å². The van der Waals surface area contributed by atoms with Gasteiger partial charge in [-0.25, -0.2) is 0 Å².